The largest absolute Gasteiger partial charge is 0.423 e. The quantitative estimate of drug-likeness (QED) is 0.0962. The van der Waals surface area contributed by atoms with Gasteiger partial charge in [-0.25, -0.2) is 22.6 Å². The molecule has 5 rings (SSSR count). The van der Waals surface area contributed by atoms with Gasteiger partial charge < -0.3 is 20.4 Å². The second kappa shape index (κ2) is 11.8. The van der Waals surface area contributed by atoms with E-state index in [4.69, 9.17) is 10.5 Å². The molecule has 15 heteroatoms. The molecule has 0 saturated heterocycles. The van der Waals surface area contributed by atoms with Crippen LogP contribution >= 0.6 is 0 Å². The summed E-state index contributed by atoms with van der Waals surface area (Å²) in [5.41, 5.74) is 4.80. The Bertz CT molecular complexity index is 2130. The number of esters is 1. The van der Waals surface area contributed by atoms with Crippen molar-refractivity contribution in [3.05, 3.63) is 107 Å². The number of fused-ring (bicyclic) bond motifs is 1. The molecule has 0 saturated carbocycles. The third-order valence-electron chi connectivity index (χ3n) is 7.18. The van der Waals surface area contributed by atoms with Crippen molar-refractivity contribution in [3.8, 4) is 5.75 Å². The molecule has 1 amide bonds. The van der Waals surface area contributed by atoms with Gasteiger partial charge in [-0.3, -0.25) is 9.10 Å². The van der Waals surface area contributed by atoms with E-state index in [0.717, 1.165) is 22.0 Å². The number of sulfonamides is 1. The minimum absolute atomic E-state index is 0.00925. The number of hydrogen-bond acceptors (Lipinski definition) is 7. The van der Waals surface area contributed by atoms with Crippen molar-refractivity contribution in [2.24, 2.45) is 7.05 Å². The molecule has 238 valence electrons. The summed E-state index contributed by atoms with van der Waals surface area (Å²) in [6.45, 7) is 1.80. The highest BCUT2D eigenvalue weighted by Crippen LogP contribution is 2.32. The number of amides is 1. The Morgan fingerprint density at radius 2 is 1.72 bits per heavy atom. The van der Waals surface area contributed by atoms with E-state index in [2.05, 4.69) is 10.3 Å². The number of nitrogen functional groups attached to an aromatic ring is 1. The minimum atomic E-state index is -4.79. The standard InChI is InChI=1S/C31H25F4N5O5S/c1-17-37-27-16-22(9-12-28(27)39(17)2)46(43,44)40(3)20-5-4-6-21(15-20)45-30(42)23-10-8-19(36)14-24(23)29(41)38-26-11-7-18(13-25(26)32)31(33,34)35/h4-16H,36H2,1-3H3,(H,38,41). The Morgan fingerprint density at radius 1 is 0.978 bits per heavy atom. The summed E-state index contributed by atoms with van der Waals surface area (Å²) in [7, 11) is -0.925. The highest BCUT2D eigenvalue weighted by Gasteiger charge is 2.31. The first-order chi connectivity index (χ1) is 21.6. The number of alkyl halides is 3. The van der Waals surface area contributed by atoms with Crippen molar-refractivity contribution in [2.75, 3.05) is 22.4 Å². The Morgan fingerprint density at radius 3 is 2.41 bits per heavy atom. The number of benzene rings is 4. The third kappa shape index (κ3) is 6.21. The van der Waals surface area contributed by atoms with E-state index in [-0.39, 0.29) is 39.2 Å². The van der Waals surface area contributed by atoms with E-state index in [1.54, 1.807) is 13.0 Å². The lowest BCUT2D eigenvalue weighted by Crippen LogP contribution is -2.26. The zero-order valence-electron chi connectivity index (χ0n) is 24.4. The van der Waals surface area contributed by atoms with Crippen LogP contribution < -0.4 is 20.1 Å². The number of nitrogens with zero attached hydrogens (tertiary/aromatic N) is 3. The van der Waals surface area contributed by atoms with Crippen LogP contribution in [0.1, 0.15) is 32.1 Å². The SMILES string of the molecule is Cc1nc2cc(S(=O)(=O)N(C)c3cccc(OC(=O)c4ccc(N)cc4C(=O)Nc4ccc(C(F)(F)F)cc4F)c3)ccc2n1C. The predicted octanol–water partition coefficient (Wildman–Crippen LogP) is 5.92. The number of anilines is 3. The van der Waals surface area contributed by atoms with Crippen molar-refractivity contribution in [1.82, 2.24) is 9.55 Å². The van der Waals surface area contributed by atoms with Crippen LogP contribution in [0, 0.1) is 12.7 Å². The van der Waals surface area contributed by atoms with E-state index in [1.807, 2.05) is 11.6 Å². The average Bonchev–Trinajstić information content (AvgIpc) is 3.29. The van der Waals surface area contributed by atoms with E-state index in [0.29, 0.717) is 17.4 Å². The minimum Gasteiger partial charge on any atom is -0.423 e. The van der Waals surface area contributed by atoms with Gasteiger partial charge in [0, 0.05) is 25.8 Å². The van der Waals surface area contributed by atoms with Gasteiger partial charge in [-0.2, -0.15) is 13.2 Å². The molecule has 0 atom stereocenters. The second-order valence-electron chi connectivity index (χ2n) is 10.2. The highest BCUT2D eigenvalue weighted by atomic mass is 32.2. The van der Waals surface area contributed by atoms with Gasteiger partial charge in [0.05, 0.1) is 44.0 Å². The molecule has 0 spiro atoms. The fourth-order valence-corrected chi connectivity index (χ4v) is 5.78. The van der Waals surface area contributed by atoms with Gasteiger partial charge >= 0.3 is 12.1 Å². The second-order valence-corrected chi connectivity index (χ2v) is 12.1. The molecule has 46 heavy (non-hydrogen) atoms. The van der Waals surface area contributed by atoms with Gasteiger partial charge in [-0.05, 0) is 73.7 Å². The van der Waals surface area contributed by atoms with Crippen molar-refractivity contribution >= 4 is 50.0 Å². The van der Waals surface area contributed by atoms with E-state index >= 15 is 0 Å². The van der Waals surface area contributed by atoms with Gasteiger partial charge in [0.2, 0.25) is 0 Å². The van der Waals surface area contributed by atoms with Gasteiger partial charge in [0.25, 0.3) is 15.9 Å². The molecule has 10 nitrogen and oxygen atoms in total. The van der Waals surface area contributed by atoms with Crippen LogP contribution in [0.2, 0.25) is 0 Å². The number of imidazole rings is 1. The van der Waals surface area contributed by atoms with Gasteiger partial charge in [0.1, 0.15) is 17.4 Å². The van der Waals surface area contributed by atoms with E-state index in [1.165, 1.54) is 55.6 Å². The van der Waals surface area contributed by atoms with E-state index < -0.39 is 45.1 Å². The number of aromatic nitrogens is 2. The molecule has 0 aliphatic carbocycles. The molecule has 1 heterocycles. The van der Waals surface area contributed by atoms with Crippen LogP contribution in [-0.4, -0.2) is 36.9 Å². The van der Waals surface area contributed by atoms with Crippen LogP contribution in [0.5, 0.6) is 5.75 Å². The number of carbonyl (C=O) groups is 2. The van der Waals surface area contributed by atoms with Crippen LogP contribution in [0.25, 0.3) is 11.0 Å². The maximum Gasteiger partial charge on any atom is 0.416 e. The van der Waals surface area contributed by atoms with Crippen molar-refractivity contribution in [3.63, 3.8) is 0 Å². The molecule has 0 fully saturated rings. The number of carbonyl (C=O) groups excluding carboxylic acids is 2. The van der Waals surface area contributed by atoms with Crippen LogP contribution in [-0.2, 0) is 23.2 Å². The maximum atomic E-state index is 14.4. The first kappa shape index (κ1) is 32.0. The van der Waals surface area contributed by atoms with Crippen LogP contribution in [0.4, 0.5) is 34.6 Å². The molecule has 0 aliphatic rings. The monoisotopic (exact) mass is 655 g/mol. The first-order valence-corrected chi connectivity index (χ1v) is 14.8. The topological polar surface area (TPSA) is 137 Å². The predicted molar refractivity (Wildman–Crippen MR) is 163 cm³/mol. The molecule has 3 N–H and O–H groups in total. The first-order valence-electron chi connectivity index (χ1n) is 13.4. The summed E-state index contributed by atoms with van der Waals surface area (Å²) in [4.78, 5) is 30.6. The zero-order chi connectivity index (χ0) is 33.6. The molecule has 1 aromatic heterocycles. The van der Waals surface area contributed by atoms with E-state index in [9.17, 15) is 35.6 Å². The molecule has 5 aromatic rings. The molecule has 0 bridgehead atoms. The fourth-order valence-electron chi connectivity index (χ4n) is 4.57. The Kier molecular flexibility index (Phi) is 8.21. The maximum absolute atomic E-state index is 14.4. The zero-order valence-corrected chi connectivity index (χ0v) is 25.2. The smallest absolute Gasteiger partial charge is 0.416 e. The van der Waals surface area contributed by atoms with Crippen molar-refractivity contribution < 1.29 is 40.3 Å². The summed E-state index contributed by atoms with van der Waals surface area (Å²) < 4.78 is 88.3. The number of aryl methyl sites for hydroxylation is 2. The lowest BCUT2D eigenvalue weighted by atomic mass is 10.1. The lowest BCUT2D eigenvalue weighted by Gasteiger charge is -2.20. The number of ether oxygens (including phenoxy) is 1. The van der Waals surface area contributed by atoms with Crippen molar-refractivity contribution in [2.45, 2.75) is 18.0 Å². The number of hydrogen-bond donors (Lipinski definition) is 2. The summed E-state index contributed by atoms with van der Waals surface area (Å²) >= 11 is 0. The van der Waals surface area contributed by atoms with Crippen LogP contribution in [0.3, 0.4) is 0 Å². The molecular formula is C31H25F4N5O5S. The Labute approximate surface area is 260 Å². The van der Waals surface area contributed by atoms with Crippen molar-refractivity contribution in [1.29, 1.82) is 0 Å². The number of halogens is 4. The van der Waals surface area contributed by atoms with Gasteiger partial charge in [-0.15, -0.1) is 0 Å². The molecule has 0 aliphatic heterocycles. The summed E-state index contributed by atoms with van der Waals surface area (Å²) in [6.07, 6.45) is -4.79. The molecule has 0 unspecified atom stereocenters. The molecule has 0 radical (unpaired) electrons. The average molecular weight is 656 g/mol. The van der Waals surface area contributed by atoms with Crippen LogP contribution in [0.15, 0.2) is 83.8 Å². The highest BCUT2D eigenvalue weighted by molar-refractivity contribution is 7.92. The number of nitrogens with one attached hydrogen (secondary N) is 1. The van der Waals surface area contributed by atoms with Gasteiger partial charge in [-0.1, -0.05) is 6.07 Å². The lowest BCUT2D eigenvalue weighted by molar-refractivity contribution is -0.137. The molecular weight excluding hydrogens is 630 g/mol. The summed E-state index contributed by atoms with van der Waals surface area (Å²) in [5, 5.41) is 2.14. The fraction of sp³-hybridized carbons (Fsp3) is 0.129. The van der Waals surface area contributed by atoms with Gasteiger partial charge in [0.15, 0.2) is 0 Å². The normalized spacial score (nSPS) is 11.8. The Balaban J connectivity index is 1.37. The summed E-state index contributed by atoms with van der Waals surface area (Å²) in [6, 6.07) is 15.4. The summed E-state index contributed by atoms with van der Waals surface area (Å²) in [5.74, 6) is -2.80. The Hall–Kier alpha value is -5.44. The third-order valence-corrected chi connectivity index (χ3v) is 8.96. The number of rotatable bonds is 7. The number of nitrogens with two attached hydrogens (primary N) is 1. The molecule has 4 aromatic carbocycles.